The molecule has 10 heteroatoms. The third-order valence-electron chi connectivity index (χ3n) is 5.60. The van der Waals surface area contributed by atoms with Crippen LogP contribution in [-0.4, -0.2) is 58.4 Å². The number of aliphatic hydroxyl groups is 1. The summed E-state index contributed by atoms with van der Waals surface area (Å²) in [6.07, 6.45) is 5.43. The smallest absolute Gasteiger partial charge is 0.414 e. The molecule has 2 saturated carbocycles. The molecule has 1 atom stereocenters. The third kappa shape index (κ3) is 5.47. The van der Waals surface area contributed by atoms with Crippen molar-refractivity contribution in [3.05, 3.63) is 6.20 Å². The summed E-state index contributed by atoms with van der Waals surface area (Å²) in [5.41, 5.74) is -1.10. The van der Waals surface area contributed by atoms with Gasteiger partial charge in [-0.15, -0.1) is 0 Å². The molecule has 0 spiro atoms. The van der Waals surface area contributed by atoms with Crippen LogP contribution in [0, 0.1) is 11.8 Å². The highest BCUT2D eigenvalue weighted by molar-refractivity contribution is 5.70. The fourth-order valence-corrected chi connectivity index (χ4v) is 3.33. The molecule has 0 aromatic carbocycles. The van der Waals surface area contributed by atoms with Crippen molar-refractivity contribution in [2.75, 3.05) is 24.6 Å². The van der Waals surface area contributed by atoms with E-state index in [1.54, 1.807) is 13.8 Å². The maximum absolute atomic E-state index is 13.3. The van der Waals surface area contributed by atoms with Gasteiger partial charge in [-0.3, -0.25) is 0 Å². The Morgan fingerprint density at radius 3 is 2.57 bits per heavy atom. The molecule has 1 aliphatic heterocycles. The van der Waals surface area contributed by atoms with Gasteiger partial charge in [0.25, 0.3) is 11.8 Å². The molecule has 8 nitrogen and oxygen atoms in total. The van der Waals surface area contributed by atoms with Gasteiger partial charge in [-0.05, 0) is 44.9 Å². The van der Waals surface area contributed by atoms with E-state index in [-0.39, 0.29) is 17.6 Å². The van der Waals surface area contributed by atoms with Gasteiger partial charge in [0.05, 0.1) is 37.5 Å². The molecule has 0 bridgehead atoms. The molecule has 166 valence electrons. The second-order valence-electron chi connectivity index (χ2n) is 9.22. The van der Waals surface area contributed by atoms with Crippen LogP contribution in [0.4, 0.5) is 19.4 Å². The van der Waals surface area contributed by atoms with Crippen LogP contribution in [0.3, 0.4) is 0 Å². The van der Waals surface area contributed by atoms with Crippen molar-refractivity contribution in [3.8, 4) is 11.8 Å². The summed E-state index contributed by atoms with van der Waals surface area (Å²) in [5.74, 6) is -1.61. The zero-order valence-corrected chi connectivity index (χ0v) is 17.2. The summed E-state index contributed by atoms with van der Waals surface area (Å²) in [5, 5.41) is 13.0. The van der Waals surface area contributed by atoms with Crippen LogP contribution in [0.1, 0.15) is 46.0 Å². The summed E-state index contributed by atoms with van der Waals surface area (Å²) in [6, 6.07) is -0.460. The summed E-state index contributed by atoms with van der Waals surface area (Å²) in [4.78, 5) is 22.1. The van der Waals surface area contributed by atoms with E-state index in [2.05, 4.69) is 15.3 Å². The molecule has 3 fully saturated rings. The lowest BCUT2D eigenvalue weighted by molar-refractivity contribution is -0.0270. The Morgan fingerprint density at radius 1 is 1.33 bits per heavy atom. The number of anilines is 1. The lowest BCUT2D eigenvalue weighted by Gasteiger charge is -2.39. The lowest BCUT2D eigenvalue weighted by atomic mass is 9.94. The first kappa shape index (κ1) is 21.0. The number of amides is 1. The van der Waals surface area contributed by atoms with Gasteiger partial charge < -0.3 is 24.8 Å². The number of halogens is 2. The van der Waals surface area contributed by atoms with Crippen molar-refractivity contribution in [1.29, 1.82) is 0 Å². The van der Waals surface area contributed by atoms with E-state index >= 15 is 0 Å². The van der Waals surface area contributed by atoms with Crippen molar-refractivity contribution in [3.63, 3.8) is 0 Å². The normalized spacial score (nSPS) is 21.6. The molecule has 1 amide bonds. The van der Waals surface area contributed by atoms with Gasteiger partial charge in [-0.2, -0.15) is 4.98 Å². The number of hydrogen-bond acceptors (Lipinski definition) is 7. The largest absolute Gasteiger partial charge is 0.475 e. The number of aromatic nitrogens is 2. The van der Waals surface area contributed by atoms with Gasteiger partial charge >= 0.3 is 6.09 Å². The number of nitrogens with zero attached hydrogens (tertiary/aromatic N) is 3. The molecule has 2 aliphatic carbocycles. The van der Waals surface area contributed by atoms with E-state index < -0.39 is 36.7 Å². The van der Waals surface area contributed by atoms with E-state index in [1.807, 2.05) is 0 Å². The van der Waals surface area contributed by atoms with E-state index in [0.29, 0.717) is 24.9 Å². The number of hydrogen-bond donors (Lipinski definition) is 2. The first-order valence-electron chi connectivity index (χ1n) is 10.4. The van der Waals surface area contributed by atoms with Gasteiger partial charge in [0, 0.05) is 0 Å². The number of carbonyl (C=O) groups excluding carboxylic acids is 1. The van der Waals surface area contributed by atoms with Crippen LogP contribution in [-0.2, 0) is 0 Å². The van der Waals surface area contributed by atoms with Crippen molar-refractivity contribution < 1.29 is 28.2 Å². The van der Waals surface area contributed by atoms with Gasteiger partial charge in [-0.25, -0.2) is 18.6 Å². The van der Waals surface area contributed by atoms with Gasteiger partial charge in [0.1, 0.15) is 0 Å². The minimum Gasteiger partial charge on any atom is -0.475 e. The van der Waals surface area contributed by atoms with Crippen LogP contribution in [0.5, 0.6) is 11.8 Å². The number of ether oxygens (including phenoxy) is 2. The molecule has 30 heavy (non-hydrogen) atoms. The Balaban J connectivity index is 1.42. The van der Waals surface area contributed by atoms with Crippen LogP contribution in [0.2, 0.25) is 0 Å². The van der Waals surface area contributed by atoms with Crippen LogP contribution >= 0.6 is 0 Å². The summed E-state index contributed by atoms with van der Waals surface area (Å²) < 4.78 is 37.5. The predicted octanol–water partition coefficient (Wildman–Crippen LogP) is 2.75. The highest BCUT2D eigenvalue weighted by Crippen LogP contribution is 2.38. The molecule has 2 heterocycles. The fraction of sp³-hybridized carbons (Fsp3) is 0.750. The van der Waals surface area contributed by atoms with Crippen molar-refractivity contribution in [2.24, 2.45) is 11.8 Å². The van der Waals surface area contributed by atoms with E-state index in [4.69, 9.17) is 9.47 Å². The zero-order chi connectivity index (χ0) is 21.5. The number of alkyl halides is 2. The second kappa shape index (κ2) is 7.79. The SMILES string of the molecule is CC(C)(O)[C@H](CC1CC1)NC(=O)Oc1cnc(N2CC(F)(F)C2)c(OCC2CC2)n1. The molecule has 0 radical (unpaired) electrons. The van der Waals surface area contributed by atoms with Crippen LogP contribution in [0.15, 0.2) is 6.20 Å². The molecular formula is C20H28F2N4O4. The molecular weight excluding hydrogens is 398 g/mol. The second-order valence-corrected chi connectivity index (χ2v) is 9.22. The summed E-state index contributed by atoms with van der Waals surface area (Å²) in [6.45, 7) is 2.81. The van der Waals surface area contributed by atoms with Crippen molar-refractivity contribution in [1.82, 2.24) is 15.3 Å². The average molecular weight is 426 g/mol. The predicted molar refractivity (Wildman–Crippen MR) is 104 cm³/mol. The lowest BCUT2D eigenvalue weighted by Crippen LogP contribution is -2.56. The number of carbonyl (C=O) groups is 1. The topological polar surface area (TPSA) is 96.8 Å². The van der Waals surface area contributed by atoms with Crippen molar-refractivity contribution in [2.45, 2.75) is 63.5 Å². The summed E-state index contributed by atoms with van der Waals surface area (Å²) >= 11 is 0. The molecule has 3 aliphatic rings. The minimum absolute atomic E-state index is 0.0831. The molecule has 1 aromatic rings. The van der Waals surface area contributed by atoms with Gasteiger partial charge in [-0.1, -0.05) is 12.8 Å². The summed E-state index contributed by atoms with van der Waals surface area (Å²) in [7, 11) is 0. The number of nitrogens with one attached hydrogen (secondary N) is 1. The molecule has 0 unspecified atom stereocenters. The Morgan fingerprint density at radius 2 is 2.00 bits per heavy atom. The highest BCUT2D eigenvalue weighted by atomic mass is 19.3. The maximum atomic E-state index is 13.3. The molecule has 4 rings (SSSR count). The monoisotopic (exact) mass is 426 g/mol. The van der Waals surface area contributed by atoms with E-state index in [1.165, 1.54) is 11.1 Å². The standard InChI is InChI=1S/C20H28F2N4O4/c1-19(2,28)14(7-12-3-4-12)24-18(27)30-15-8-23-16(26-10-20(21,22)11-26)17(25-15)29-9-13-5-6-13/h8,12-14,28H,3-7,9-11H2,1-2H3,(H,24,27)/t14-/m0/s1. The average Bonchev–Trinajstić information content (AvgIpc) is 3.51. The molecule has 1 saturated heterocycles. The van der Waals surface area contributed by atoms with Gasteiger partial charge in [0.15, 0.2) is 5.82 Å². The molecule has 2 N–H and O–H groups in total. The first-order chi connectivity index (χ1) is 14.1. The minimum atomic E-state index is -2.75. The zero-order valence-electron chi connectivity index (χ0n) is 17.2. The first-order valence-corrected chi connectivity index (χ1v) is 10.4. The quantitative estimate of drug-likeness (QED) is 0.627. The Kier molecular flexibility index (Phi) is 5.46. The van der Waals surface area contributed by atoms with E-state index in [0.717, 1.165) is 25.7 Å². The Labute approximate surface area is 174 Å². The van der Waals surface area contributed by atoms with Crippen LogP contribution in [0.25, 0.3) is 0 Å². The maximum Gasteiger partial charge on any atom is 0.414 e. The Bertz CT molecular complexity index is 786. The fourth-order valence-electron chi connectivity index (χ4n) is 3.33. The van der Waals surface area contributed by atoms with Crippen molar-refractivity contribution >= 4 is 11.9 Å². The molecule has 1 aromatic heterocycles. The Hall–Kier alpha value is -2.23. The van der Waals surface area contributed by atoms with E-state index in [9.17, 15) is 18.7 Å². The van der Waals surface area contributed by atoms with Gasteiger partial charge in [0.2, 0.25) is 5.88 Å². The number of rotatable bonds is 9. The van der Waals surface area contributed by atoms with Crippen LogP contribution < -0.4 is 19.7 Å². The highest BCUT2D eigenvalue weighted by Gasteiger charge is 2.46. The third-order valence-corrected chi connectivity index (χ3v) is 5.60.